The number of benzene rings is 1. The number of aromatic nitrogens is 2. The van der Waals surface area contributed by atoms with Crippen LogP contribution >= 0.6 is 0 Å². The van der Waals surface area contributed by atoms with Crippen molar-refractivity contribution >= 4 is 33.5 Å². The second kappa shape index (κ2) is 5.03. The van der Waals surface area contributed by atoms with E-state index in [4.69, 9.17) is 5.26 Å². The molecule has 5 heteroatoms. The number of pyridine rings is 1. The summed E-state index contributed by atoms with van der Waals surface area (Å²) >= 11 is 0. The Morgan fingerprint density at radius 3 is 2.74 bits per heavy atom. The van der Waals surface area contributed by atoms with Gasteiger partial charge in [-0.05, 0) is 24.6 Å². The summed E-state index contributed by atoms with van der Waals surface area (Å²) in [6.07, 6.45) is 0.878. The highest BCUT2D eigenvalue weighted by molar-refractivity contribution is 6.09. The molecule has 0 aliphatic heterocycles. The van der Waals surface area contributed by atoms with Crippen LogP contribution in [0.3, 0.4) is 0 Å². The zero-order valence-corrected chi connectivity index (χ0v) is 12.3. The van der Waals surface area contributed by atoms with Crippen molar-refractivity contribution in [3.05, 3.63) is 42.1 Å². The predicted octanol–water partition coefficient (Wildman–Crippen LogP) is 2.92. The molecule has 23 heavy (non-hydrogen) atoms. The average molecular weight is 303 g/mol. The fourth-order valence-corrected chi connectivity index (χ4v) is 3.38. The van der Waals surface area contributed by atoms with Crippen molar-refractivity contribution in [2.24, 2.45) is 0 Å². The van der Waals surface area contributed by atoms with Gasteiger partial charge in [-0.15, -0.1) is 0 Å². The summed E-state index contributed by atoms with van der Waals surface area (Å²) in [5.74, 6) is -0.0780. The van der Waals surface area contributed by atoms with Crippen LogP contribution in [0.15, 0.2) is 36.4 Å². The number of carbonyl (C=O) groups is 2. The van der Waals surface area contributed by atoms with Gasteiger partial charge in [0.25, 0.3) is 0 Å². The second-order valence-corrected chi connectivity index (χ2v) is 5.80. The number of rotatable bonds is 1. The summed E-state index contributed by atoms with van der Waals surface area (Å²) in [6.45, 7) is 0. The van der Waals surface area contributed by atoms with E-state index in [0.717, 1.165) is 16.3 Å². The molecular weight excluding hydrogens is 290 g/mol. The van der Waals surface area contributed by atoms with Gasteiger partial charge in [-0.2, -0.15) is 5.26 Å². The molecule has 0 amide bonds. The third-order valence-electron chi connectivity index (χ3n) is 4.42. The molecule has 0 spiro atoms. The smallest absolute Gasteiger partial charge is 0.163 e. The van der Waals surface area contributed by atoms with Crippen molar-refractivity contribution in [3.8, 4) is 6.07 Å². The molecule has 1 aromatic carbocycles. The quantitative estimate of drug-likeness (QED) is 0.648. The van der Waals surface area contributed by atoms with Crippen LogP contribution < -0.4 is 0 Å². The number of Topliss-reactive ketones (excluding diaryl/α,β-unsaturated/α-hetero) is 2. The molecule has 0 N–H and O–H groups in total. The Kier molecular flexibility index (Phi) is 2.98. The molecule has 1 fully saturated rings. The number of nitriles is 1. The first-order chi connectivity index (χ1) is 11.2. The molecule has 0 bridgehead atoms. The SMILES string of the molecule is N#Cc1ccc2c3ccccc3n(C3CCC(=O)CC3=O)c2n1. The molecule has 4 rings (SSSR count). The van der Waals surface area contributed by atoms with Crippen LogP contribution in [0.4, 0.5) is 0 Å². The highest BCUT2D eigenvalue weighted by atomic mass is 16.2. The number of fused-ring (bicyclic) bond motifs is 3. The third-order valence-corrected chi connectivity index (χ3v) is 4.42. The van der Waals surface area contributed by atoms with Gasteiger partial charge in [0, 0.05) is 17.2 Å². The van der Waals surface area contributed by atoms with E-state index in [1.807, 2.05) is 41.0 Å². The van der Waals surface area contributed by atoms with E-state index in [1.165, 1.54) is 0 Å². The van der Waals surface area contributed by atoms with Crippen LogP contribution in [0.1, 0.15) is 31.0 Å². The van der Waals surface area contributed by atoms with Crippen LogP contribution in [0, 0.1) is 11.3 Å². The molecule has 1 atom stereocenters. The van der Waals surface area contributed by atoms with Gasteiger partial charge < -0.3 is 4.57 Å². The number of ketones is 2. The molecule has 0 saturated heterocycles. The van der Waals surface area contributed by atoms with Crippen molar-refractivity contribution < 1.29 is 9.59 Å². The van der Waals surface area contributed by atoms with E-state index in [1.54, 1.807) is 6.07 Å². The van der Waals surface area contributed by atoms with E-state index >= 15 is 0 Å². The minimum Gasteiger partial charge on any atom is -0.315 e. The Balaban J connectivity index is 2.04. The fourth-order valence-electron chi connectivity index (χ4n) is 3.38. The lowest BCUT2D eigenvalue weighted by molar-refractivity contribution is -0.131. The van der Waals surface area contributed by atoms with E-state index < -0.39 is 6.04 Å². The highest BCUT2D eigenvalue weighted by Gasteiger charge is 2.31. The summed E-state index contributed by atoms with van der Waals surface area (Å²) in [4.78, 5) is 28.4. The molecular formula is C18H13N3O2. The lowest BCUT2D eigenvalue weighted by Gasteiger charge is -2.23. The summed E-state index contributed by atoms with van der Waals surface area (Å²) in [5, 5.41) is 11.1. The van der Waals surface area contributed by atoms with Gasteiger partial charge in [-0.25, -0.2) is 4.98 Å². The van der Waals surface area contributed by atoms with E-state index in [0.29, 0.717) is 24.2 Å². The standard InChI is InChI=1S/C18H13N3O2/c19-10-11-5-7-14-13-3-1-2-4-15(13)21(18(14)20-11)16-8-6-12(22)9-17(16)23/h1-5,7,16H,6,8-9H2. The summed E-state index contributed by atoms with van der Waals surface area (Å²) in [6, 6.07) is 13.0. The Labute approximate surface area is 132 Å². The van der Waals surface area contributed by atoms with Gasteiger partial charge in [0.15, 0.2) is 5.78 Å². The normalized spacial score (nSPS) is 18.5. The number of hydrogen-bond acceptors (Lipinski definition) is 4. The maximum absolute atomic E-state index is 12.4. The summed E-state index contributed by atoms with van der Waals surface area (Å²) in [7, 11) is 0. The Bertz CT molecular complexity index is 1010. The molecule has 0 radical (unpaired) electrons. The molecule has 1 saturated carbocycles. The van der Waals surface area contributed by atoms with Gasteiger partial charge in [0.1, 0.15) is 23.2 Å². The van der Waals surface area contributed by atoms with Crippen molar-refractivity contribution in [1.29, 1.82) is 5.26 Å². The molecule has 112 valence electrons. The van der Waals surface area contributed by atoms with Crippen LogP contribution in [0.2, 0.25) is 0 Å². The molecule has 2 heterocycles. The molecule has 3 aromatic rings. The first-order valence-electron chi connectivity index (χ1n) is 7.53. The number of nitrogens with zero attached hydrogens (tertiary/aromatic N) is 3. The maximum Gasteiger partial charge on any atom is 0.163 e. The molecule has 1 aliphatic carbocycles. The monoisotopic (exact) mass is 303 g/mol. The third kappa shape index (κ3) is 2.03. The minimum absolute atomic E-state index is 0.00214. The molecule has 1 unspecified atom stereocenters. The van der Waals surface area contributed by atoms with Gasteiger partial charge in [0.2, 0.25) is 0 Å². The fraction of sp³-hybridized carbons (Fsp3) is 0.222. The van der Waals surface area contributed by atoms with Gasteiger partial charge in [-0.3, -0.25) is 9.59 Å². The van der Waals surface area contributed by atoms with Gasteiger partial charge >= 0.3 is 0 Å². The Morgan fingerprint density at radius 1 is 1.13 bits per heavy atom. The first kappa shape index (κ1) is 13.6. The molecule has 5 nitrogen and oxygen atoms in total. The minimum atomic E-state index is -0.392. The van der Waals surface area contributed by atoms with E-state index in [9.17, 15) is 9.59 Å². The van der Waals surface area contributed by atoms with Gasteiger partial charge in [0.05, 0.1) is 18.0 Å². The number of carbonyl (C=O) groups excluding carboxylic acids is 2. The summed E-state index contributed by atoms with van der Waals surface area (Å²) < 4.78 is 1.90. The lowest BCUT2D eigenvalue weighted by atomic mass is 9.92. The van der Waals surface area contributed by atoms with Crippen molar-refractivity contribution in [2.45, 2.75) is 25.3 Å². The van der Waals surface area contributed by atoms with Crippen molar-refractivity contribution in [1.82, 2.24) is 9.55 Å². The zero-order valence-electron chi connectivity index (χ0n) is 12.3. The maximum atomic E-state index is 12.4. The van der Waals surface area contributed by atoms with E-state index in [2.05, 4.69) is 4.98 Å². The Morgan fingerprint density at radius 2 is 1.96 bits per heavy atom. The number of hydrogen-bond donors (Lipinski definition) is 0. The van der Waals surface area contributed by atoms with Crippen LogP contribution in [-0.4, -0.2) is 21.1 Å². The zero-order chi connectivity index (χ0) is 16.0. The largest absolute Gasteiger partial charge is 0.315 e. The van der Waals surface area contributed by atoms with Crippen LogP contribution in [0.25, 0.3) is 21.9 Å². The highest BCUT2D eigenvalue weighted by Crippen LogP contribution is 2.34. The van der Waals surface area contributed by atoms with Crippen molar-refractivity contribution in [3.63, 3.8) is 0 Å². The average Bonchev–Trinajstić information content (AvgIpc) is 2.89. The molecule has 1 aliphatic rings. The predicted molar refractivity (Wildman–Crippen MR) is 84.9 cm³/mol. The van der Waals surface area contributed by atoms with E-state index in [-0.39, 0.29) is 18.0 Å². The summed E-state index contributed by atoms with van der Waals surface area (Å²) in [5.41, 5.74) is 1.87. The number of para-hydroxylation sites is 1. The van der Waals surface area contributed by atoms with Gasteiger partial charge in [-0.1, -0.05) is 18.2 Å². The lowest BCUT2D eigenvalue weighted by Crippen LogP contribution is -2.27. The molecule has 2 aromatic heterocycles. The van der Waals surface area contributed by atoms with Crippen molar-refractivity contribution in [2.75, 3.05) is 0 Å². The first-order valence-corrected chi connectivity index (χ1v) is 7.53. The Hall–Kier alpha value is -3.00. The van der Waals surface area contributed by atoms with Crippen LogP contribution in [-0.2, 0) is 9.59 Å². The van der Waals surface area contributed by atoms with Crippen LogP contribution in [0.5, 0.6) is 0 Å². The second-order valence-electron chi connectivity index (χ2n) is 5.80. The topological polar surface area (TPSA) is 75.8 Å².